The molecule has 2 aromatic rings. The molecule has 0 unspecified atom stereocenters. The number of carbonyl (C=O) groups is 1. The lowest BCUT2D eigenvalue weighted by Gasteiger charge is -2.09. The van der Waals surface area contributed by atoms with Gasteiger partial charge >= 0.3 is 0 Å². The Morgan fingerprint density at radius 3 is 2.47 bits per heavy atom. The maximum atomic E-state index is 12.0. The molecule has 0 spiro atoms. The largest absolute Gasteiger partial charge is 0.321 e. The lowest BCUT2D eigenvalue weighted by Crippen LogP contribution is -2.12. The number of aromatic nitrogens is 1. The van der Waals surface area contributed by atoms with Crippen LogP contribution in [0.2, 0.25) is 10.0 Å². The van der Waals surface area contributed by atoms with Crippen molar-refractivity contribution in [3.8, 4) is 0 Å². The zero-order chi connectivity index (χ0) is 14.0. The van der Waals surface area contributed by atoms with Crippen LogP contribution in [-0.4, -0.2) is 10.9 Å². The third-order valence-corrected chi connectivity index (χ3v) is 4.51. The van der Waals surface area contributed by atoms with Gasteiger partial charge in [0.1, 0.15) is 4.60 Å². The van der Waals surface area contributed by atoms with Gasteiger partial charge in [-0.05, 0) is 56.1 Å². The van der Waals surface area contributed by atoms with Crippen molar-refractivity contribution in [2.24, 2.45) is 0 Å². The number of nitrogens with one attached hydrogen (secondary N) is 1. The Morgan fingerprint density at radius 1 is 1.11 bits per heavy atom. The van der Waals surface area contributed by atoms with Gasteiger partial charge in [-0.15, -0.1) is 0 Å². The monoisotopic (exact) mass is 422 g/mol. The van der Waals surface area contributed by atoms with E-state index in [9.17, 15) is 4.79 Å². The Balaban J connectivity index is 2.24. The van der Waals surface area contributed by atoms with Crippen LogP contribution in [0, 0.1) is 0 Å². The van der Waals surface area contributed by atoms with Crippen molar-refractivity contribution in [2.75, 3.05) is 5.32 Å². The molecule has 0 atom stereocenters. The molecule has 7 heteroatoms. The molecule has 0 radical (unpaired) electrons. The number of nitrogens with zero attached hydrogens (tertiary/aromatic N) is 1. The minimum Gasteiger partial charge on any atom is -0.321 e. The van der Waals surface area contributed by atoms with E-state index in [1.54, 1.807) is 24.3 Å². The number of pyridine rings is 1. The molecule has 19 heavy (non-hydrogen) atoms. The zero-order valence-corrected chi connectivity index (χ0v) is 13.9. The van der Waals surface area contributed by atoms with E-state index >= 15 is 0 Å². The summed E-state index contributed by atoms with van der Waals surface area (Å²) in [7, 11) is 0. The number of rotatable bonds is 2. The van der Waals surface area contributed by atoms with Gasteiger partial charge in [0.15, 0.2) is 0 Å². The van der Waals surface area contributed by atoms with E-state index in [-0.39, 0.29) is 10.9 Å². The molecule has 0 fully saturated rings. The van der Waals surface area contributed by atoms with Crippen LogP contribution in [0.5, 0.6) is 0 Å². The van der Waals surface area contributed by atoms with Crippen LogP contribution < -0.4 is 5.32 Å². The molecule has 98 valence electrons. The van der Waals surface area contributed by atoms with Crippen molar-refractivity contribution < 1.29 is 4.79 Å². The summed E-state index contributed by atoms with van der Waals surface area (Å²) >= 11 is 18.5. The number of carbonyl (C=O) groups excluding carboxylic acids is 1. The fourth-order valence-electron chi connectivity index (χ4n) is 1.33. The first-order chi connectivity index (χ1) is 8.99. The fraction of sp³-hybridized carbons (Fsp3) is 0. The van der Waals surface area contributed by atoms with Gasteiger partial charge in [-0.2, -0.15) is 0 Å². The van der Waals surface area contributed by atoms with Crippen molar-refractivity contribution in [1.29, 1.82) is 0 Å². The lowest BCUT2D eigenvalue weighted by atomic mass is 10.2. The van der Waals surface area contributed by atoms with E-state index in [1.165, 1.54) is 6.20 Å². The highest BCUT2D eigenvalue weighted by atomic mass is 79.9. The van der Waals surface area contributed by atoms with E-state index in [2.05, 4.69) is 42.2 Å². The summed E-state index contributed by atoms with van der Waals surface area (Å²) in [5, 5.41) is 3.32. The third kappa shape index (κ3) is 3.48. The second-order valence-electron chi connectivity index (χ2n) is 3.55. The molecule has 1 N–H and O–H groups in total. The van der Waals surface area contributed by atoms with Crippen LogP contribution >= 0.6 is 55.1 Å². The number of amides is 1. The quantitative estimate of drug-likeness (QED) is 0.534. The predicted octanol–water partition coefficient (Wildman–Crippen LogP) is 5.17. The minimum absolute atomic E-state index is 0.287. The van der Waals surface area contributed by atoms with Crippen molar-refractivity contribution in [2.45, 2.75) is 0 Å². The first-order valence-corrected chi connectivity index (χ1v) is 7.39. The van der Waals surface area contributed by atoms with E-state index in [0.29, 0.717) is 25.3 Å². The Labute approximate surface area is 136 Å². The first kappa shape index (κ1) is 14.8. The van der Waals surface area contributed by atoms with Crippen molar-refractivity contribution in [3.05, 3.63) is 55.1 Å². The number of benzene rings is 1. The topological polar surface area (TPSA) is 42.0 Å². The molecule has 0 saturated heterocycles. The summed E-state index contributed by atoms with van der Waals surface area (Å²) in [5.74, 6) is -0.305. The summed E-state index contributed by atoms with van der Waals surface area (Å²) in [6, 6.07) is 6.72. The third-order valence-electron chi connectivity index (χ3n) is 2.27. The Hall–Kier alpha value is -0.620. The van der Waals surface area contributed by atoms with E-state index < -0.39 is 0 Å². The number of hydrogen-bond donors (Lipinski definition) is 1. The van der Waals surface area contributed by atoms with Gasteiger partial charge in [0.05, 0.1) is 21.3 Å². The summed E-state index contributed by atoms with van der Waals surface area (Å²) in [6.07, 6.45) is 1.47. The van der Waals surface area contributed by atoms with Crippen molar-refractivity contribution in [1.82, 2.24) is 4.98 Å². The molecule has 3 nitrogen and oxygen atoms in total. The van der Waals surface area contributed by atoms with Crippen LogP contribution in [0.15, 0.2) is 39.5 Å². The van der Waals surface area contributed by atoms with Crippen molar-refractivity contribution in [3.63, 3.8) is 0 Å². The predicted molar refractivity (Wildman–Crippen MR) is 84.1 cm³/mol. The molecule has 0 bridgehead atoms. The van der Waals surface area contributed by atoms with Gasteiger partial charge in [-0.3, -0.25) is 4.79 Å². The van der Waals surface area contributed by atoms with Gasteiger partial charge in [0.25, 0.3) is 5.91 Å². The van der Waals surface area contributed by atoms with Crippen LogP contribution in [0.1, 0.15) is 10.4 Å². The highest BCUT2D eigenvalue weighted by Crippen LogP contribution is 2.35. The number of halogens is 4. The van der Waals surface area contributed by atoms with Crippen LogP contribution in [0.25, 0.3) is 0 Å². The maximum Gasteiger partial charge on any atom is 0.257 e. The smallest absolute Gasteiger partial charge is 0.257 e. The molecule has 0 saturated carbocycles. The average molecular weight is 425 g/mol. The van der Waals surface area contributed by atoms with Crippen LogP contribution in [-0.2, 0) is 0 Å². The first-order valence-electron chi connectivity index (χ1n) is 5.05. The molecular weight excluding hydrogens is 419 g/mol. The molecule has 0 aliphatic heterocycles. The number of anilines is 1. The summed E-state index contributed by atoms with van der Waals surface area (Å²) in [6.45, 7) is 0. The second kappa shape index (κ2) is 6.22. The Bertz CT molecular complexity index is 632. The standard InChI is InChI=1S/C12H6Br2Cl2N2O/c13-7-2-3-8(11(16)10(7)15)18-12(19)6-1-4-9(14)17-5-6/h1-5H,(H,18,19). The summed E-state index contributed by atoms with van der Waals surface area (Å²) in [5.41, 5.74) is 0.876. The molecule has 1 aromatic heterocycles. The average Bonchev–Trinajstić information content (AvgIpc) is 2.40. The molecular formula is C12H6Br2Cl2N2O. The van der Waals surface area contributed by atoms with Crippen molar-refractivity contribution >= 4 is 66.7 Å². The van der Waals surface area contributed by atoms with Crippen LogP contribution in [0.3, 0.4) is 0 Å². The van der Waals surface area contributed by atoms with E-state index in [4.69, 9.17) is 23.2 Å². The zero-order valence-electron chi connectivity index (χ0n) is 9.25. The Morgan fingerprint density at radius 2 is 1.84 bits per heavy atom. The SMILES string of the molecule is O=C(Nc1ccc(Br)c(Cl)c1Cl)c1ccc(Br)nc1. The molecule has 1 heterocycles. The van der Waals surface area contributed by atoms with E-state index in [1.807, 2.05) is 0 Å². The van der Waals surface area contributed by atoms with Gasteiger partial charge in [-0.1, -0.05) is 23.2 Å². The van der Waals surface area contributed by atoms with Gasteiger partial charge in [0, 0.05) is 10.7 Å². The van der Waals surface area contributed by atoms with Crippen LogP contribution in [0.4, 0.5) is 5.69 Å². The minimum atomic E-state index is -0.305. The lowest BCUT2D eigenvalue weighted by molar-refractivity contribution is 0.102. The molecule has 2 rings (SSSR count). The molecule has 0 aliphatic rings. The molecule has 1 amide bonds. The highest BCUT2D eigenvalue weighted by Gasteiger charge is 2.12. The fourth-order valence-corrected chi connectivity index (χ4v) is 2.38. The van der Waals surface area contributed by atoms with Gasteiger partial charge in [0.2, 0.25) is 0 Å². The normalized spacial score (nSPS) is 10.3. The number of hydrogen-bond acceptors (Lipinski definition) is 2. The summed E-state index contributed by atoms with van der Waals surface area (Å²) in [4.78, 5) is 16.0. The van der Waals surface area contributed by atoms with Gasteiger partial charge < -0.3 is 5.32 Å². The Kier molecular flexibility index (Phi) is 4.84. The van der Waals surface area contributed by atoms with E-state index in [0.717, 1.165) is 0 Å². The second-order valence-corrected chi connectivity index (χ2v) is 5.97. The molecule has 1 aromatic carbocycles. The molecule has 0 aliphatic carbocycles. The maximum absolute atomic E-state index is 12.0. The highest BCUT2D eigenvalue weighted by molar-refractivity contribution is 9.10. The summed E-state index contributed by atoms with van der Waals surface area (Å²) < 4.78 is 1.33. The van der Waals surface area contributed by atoms with Gasteiger partial charge in [-0.25, -0.2) is 4.98 Å².